The predicted molar refractivity (Wildman–Crippen MR) is 136 cm³/mol. The van der Waals surface area contributed by atoms with Crippen LogP contribution in [-0.2, 0) is 4.79 Å². The number of imidazole rings is 1. The van der Waals surface area contributed by atoms with Crippen LogP contribution in [0.4, 0.5) is 5.69 Å². The Morgan fingerprint density at radius 1 is 0.727 bits per heavy atom. The average molecular weight is 428 g/mol. The predicted octanol–water partition coefficient (Wildman–Crippen LogP) is 6.96. The molecule has 1 amide bonds. The van der Waals surface area contributed by atoms with Crippen molar-refractivity contribution in [2.75, 3.05) is 5.32 Å². The number of carbonyl (C=O) groups is 1. The lowest BCUT2D eigenvalue weighted by molar-refractivity contribution is -0.114. The molecule has 4 nitrogen and oxygen atoms in total. The van der Waals surface area contributed by atoms with E-state index in [0.717, 1.165) is 55.1 Å². The molecule has 0 aliphatic carbocycles. The Balaban J connectivity index is 1.79. The fraction of sp³-hybridized carbons (Fsp3) is 0.0345. The van der Waals surface area contributed by atoms with Crippen molar-refractivity contribution in [2.24, 2.45) is 0 Å². The Bertz CT molecular complexity index is 1680. The quantitative estimate of drug-likeness (QED) is 0.332. The number of benzene rings is 5. The molecule has 0 unspecified atom stereocenters. The van der Waals surface area contributed by atoms with Gasteiger partial charge in [-0.25, -0.2) is 4.98 Å². The molecule has 4 heteroatoms. The van der Waals surface area contributed by atoms with Gasteiger partial charge in [-0.3, -0.25) is 9.36 Å². The number of amides is 1. The van der Waals surface area contributed by atoms with Gasteiger partial charge in [-0.15, -0.1) is 0 Å². The van der Waals surface area contributed by atoms with Crippen LogP contribution in [0.2, 0.25) is 0 Å². The van der Waals surface area contributed by atoms with Crippen molar-refractivity contribution in [3.63, 3.8) is 0 Å². The zero-order valence-electron chi connectivity index (χ0n) is 18.1. The number of aromatic nitrogens is 2. The molecule has 1 heterocycles. The van der Waals surface area contributed by atoms with Crippen molar-refractivity contribution < 1.29 is 4.79 Å². The summed E-state index contributed by atoms with van der Waals surface area (Å²) in [5.41, 5.74) is 5.87. The minimum absolute atomic E-state index is 0.0959. The first kappa shape index (κ1) is 19.3. The standard InChI is InChI=1S/C29H21N3O/c1-19(33)31-25-16-14-20-8-2-4-10-22(20)28(25)29-23-11-5-3-9-21(23)15-17-27(29)32-18-30-24-12-6-7-13-26(24)32/h2-18H,1H3,(H,31,33). The molecular formula is C29H21N3O. The number of nitrogens with one attached hydrogen (secondary N) is 1. The largest absolute Gasteiger partial charge is 0.326 e. The highest BCUT2D eigenvalue weighted by atomic mass is 16.1. The SMILES string of the molecule is CC(=O)Nc1ccc2ccccc2c1-c1c(-n2cnc3ccccc32)ccc2ccccc12. The summed E-state index contributed by atoms with van der Waals surface area (Å²) in [5, 5.41) is 7.55. The van der Waals surface area contributed by atoms with E-state index in [2.05, 4.69) is 75.5 Å². The van der Waals surface area contributed by atoms with E-state index in [1.807, 2.05) is 42.7 Å². The number of anilines is 1. The van der Waals surface area contributed by atoms with Gasteiger partial charge in [0.1, 0.15) is 6.33 Å². The third-order valence-corrected chi connectivity index (χ3v) is 6.11. The minimum Gasteiger partial charge on any atom is -0.326 e. The van der Waals surface area contributed by atoms with Crippen LogP contribution in [0.1, 0.15) is 6.92 Å². The first-order chi connectivity index (χ1) is 16.2. The Labute approximate surface area is 191 Å². The zero-order chi connectivity index (χ0) is 22.4. The molecule has 0 atom stereocenters. The molecule has 6 rings (SSSR count). The van der Waals surface area contributed by atoms with Crippen molar-refractivity contribution in [1.29, 1.82) is 0 Å². The summed E-state index contributed by atoms with van der Waals surface area (Å²) in [5.74, 6) is -0.0959. The van der Waals surface area contributed by atoms with E-state index in [9.17, 15) is 4.79 Å². The van der Waals surface area contributed by atoms with Crippen LogP contribution < -0.4 is 5.32 Å². The summed E-state index contributed by atoms with van der Waals surface area (Å²) in [4.78, 5) is 16.8. The van der Waals surface area contributed by atoms with Gasteiger partial charge in [-0.2, -0.15) is 0 Å². The fourth-order valence-corrected chi connectivity index (χ4v) is 4.71. The second-order valence-corrected chi connectivity index (χ2v) is 8.17. The monoisotopic (exact) mass is 427 g/mol. The highest BCUT2D eigenvalue weighted by Crippen LogP contribution is 2.43. The van der Waals surface area contributed by atoms with E-state index in [4.69, 9.17) is 0 Å². The molecule has 0 aliphatic rings. The molecule has 0 bridgehead atoms. The van der Waals surface area contributed by atoms with Crippen LogP contribution in [0.3, 0.4) is 0 Å². The van der Waals surface area contributed by atoms with Gasteiger partial charge in [0.15, 0.2) is 0 Å². The third-order valence-electron chi connectivity index (χ3n) is 6.11. The van der Waals surface area contributed by atoms with Gasteiger partial charge in [0.25, 0.3) is 0 Å². The van der Waals surface area contributed by atoms with Crippen molar-refractivity contribution in [1.82, 2.24) is 9.55 Å². The highest BCUT2D eigenvalue weighted by molar-refractivity contribution is 6.14. The second kappa shape index (κ2) is 7.61. The van der Waals surface area contributed by atoms with Gasteiger partial charge in [0.2, 0.25) is 5.91 Å². The maximum atomic E-state index is 12.2. The lowest BCUT2D eigenvalue weighted by Gasteiger charge is -2.20. The summed E-state index contributed by atoms with van der Waals surface area (Å²) >= 11 is 0. The molecule has 33 heavy (non-hydrogen) atoms. The molecule has 5 aromatic carbocycles. The van der Waals surface area contributed by atoms with Crippen LogP contribution in [0, 0.1) is 0 Å². The van der Waals surface area contributed by atoms with E-state index >= 15 is 0 Å². The zero-order valence-corrected chi connectivity index (χ0v) is 18.1. The van der Waals surface area contributed by atoms with E-state index in [-0.39, 0.29) is 5.91 Å². The number of hydrogen-bond acceptors (Lipinski definition) is 2. The molecule has 6 aromatic rings. The summed E-state index contributed by atoms with van der Waals surface area (Å²) in [6.07, 6.45) is 1.88. The molecule has 0 saturated carbocycles. The van der Waals surface area contributed by atoms with Crippen molar-refractivity contribution in [3.05, 3.63) is 103 Å². The maximum absolute atomic E-state index is 12.2. The van der Waals surface area contributed by atoms with Crippen molar-refractivity contribution in [3.8, 4) is 16.8 Å². The smallest absolute Gasteiger partial charge is 0.221 e. The van der Waals surface area contributed by atoms with E-state index < -0.39 is 0 Å². The molecule has 1 aromatic heterocycles. The Morgan fingerprint density at radius 2 is 1.36 bits per heavy atom. The van der Waals surface area contributed by atoms with Crippen LogP contribution in [0.25, 0.3) is 49.4 Å². The molecule has 0 radical (unpaired) electrons. The molecule has 158 valence electrons. The van der Waals surface area contributed by atoms with Crippen LogP contribution >= 0.6 is 0 Å². The lowest BCUT2D eigenvalue weighted by atomic mass is 9.90. The molecular weight excluding hydrogens is 406 g/mol. The molecule has 0 spiro atoms. The summed E-state index contributed by atoms with van der Waals surface area (Å²) < 4.78 is 2.14. The minimum atomic E-state index is -0.0959. The van der Waals surface area contributed by atoms with E-state index in [0.29, 0.717) is 0 Å². The van der Waals surface area contributed by atoms with Crippen LogP contribution in [0.5, 0.6) is 0 Å². The highest BCUT2D eigenvalue weighted by Gasteiger charge is 2.19. The van der Waals surface area contributed by atoms with Gasteiger partial charge < -0.3 is 5.32 Å². The number of para-hydroxylation sites is 2. The average Bonchev–Trinajstić information content (AvgIpc) is 3.27. The lowest BCUT2D eigenvalue weighted by Crippen LogP contribution is -2.08. The van der Waals surface area contributed by atoms with E-state index in [1.54, 1.807) is 6.92 Å². The Kier molecular flexibility index (Phi) is 4.44. The first-order valence-electron chi connectivity index (χ1n) is 10.9. The normalized spacial score (nSPS) is 11.3. The maximum Gasteiger partial charge on any atom is 0.221 e. The van der Waals surface area contributed by atoms with Crippen molar-refractivity contribution in [2.45, 2.75) is 6.92 Å². The van der Waals surface area contributed by atoms with E-state index in [1.165, 1.54) is 0 Å². The van der Waals surface area contributed by atoms with Gasteiger partial charge in [-0.1, -0.05) is 72.8 Å². The molecule has 1 N–H and O–H groups in total. The van der Waals surface area contributed by atoms with Gasteiger partial charge in [0, 0.05) is 23.7 Å². The van der Waals surface area contributed by atoms with Gasteiger partial charge >= 0.3 is 0 Å². The number of fused-ring (bicyclic) bond motifs is 3. The Hall–Kier alpha value is -4.44. The van der Waals surface area contributed by atoms with Gasteiger partial charge in [0.05, 0.1) is 16.7 Å². The number of hydrogen-bond donors (Lipinski definition) is 1. The molecule has 0 saturated heterocycles. The van der Waals surface area contributed by atoms with Crippen LogP contribution in [0.15, 0.2) is 103 Å². The van der Waals surface area contributed by atoms with Crippen LogP contribution in [-0.4, -0.2) is 15.5 Å². The summed E-state index contributed by atoms with van der Waals surface area (Å²) in [6.45, 7) is 1.55. The Morgan fingerprint density at radius 3 is 2.12 bits per heavy atom. The van der Waals surface area contributed by atoms with Crippen molar-refractivity contribution >= 4 is 44.2 Å². The number of nitrogens with zero attached hydrogens (tertiary/aromatic N) is 2. The summed E-state index contributed by atoms with van der Waals surface area (Å²) in [7, 11) is 0. The number of carbonyl (C=O) groups excluding carboxylic acids is 1. The molecule has 0 aliphatic heterocycles. The third kappa shape index (κ3) is 3.15. The molecule has 0 fully saturated rings. The summed E-state index contributed by atoms with van der Waals surface area (Å²) in [6, 6.07) is 33.2. The fourth-order valence-electron chi connectivity index (χ4n) is 4.71. The topological polar surface area (TPSA) is 46.9 Å². The number of rotatable bonds is 3. The first-order valence-corrected chi connectivity index (χ1v) is 10.9. The van der Waals surface area contributed by atoms with Gasteiger partial charge in [-0.05, 0) is 45.8 Å². The second-order valence-electron chi connectivity index (χ2n) is 8.17.